The summed E-state index contributed by atoms with van der Waals surface area (Å²) in [5.41, 5.74) is 0.853. The summed E-state index contributed by atoms with van der Waals surface area (Å²) in [5, 5.41) is 18.2. The summed E-state index contributed by atoms with van der Waals surface area (Å²) in [7, 11) is 0. The number of amides is 1. The number of phenolic OH excluding ortho intramolecular Hbond substituents is 1. The predicted octanol–water partition coefficient (Wildman–Crippen LogP) is 2.02. The number of benzene rings is 1. The van der Waals surface area contributed by atoms with Crippen LogP contribution in [-0.4, -0.2) is 21.2 Å². The van der Waals surface area contributed by atoms with E-state index < -0.39 is 0 Å². The Kier molecular flexibility index (Phi) is 2.78. The average molecular weight is 238 g/mol. The second kappa shape index (κ2) is 4.24. The van der Waals surface area contributed by atoms with Gasteiger partial charge >= 0.3 is 0 Å². The van der Waals surface area contributed by atoms with Crippen molar-refractivity contribution in [1.29, 1.82) is 0 Å². The number of aromatic amines is 1. The summed E-state index contributed by atoms with van der Waals surface area (Å²) in [6, 6.07) is 5.98. The molecular weight excluding hydrogens is 230 g/mol. The highest BCUT2D eigenvalue weighted by atomic mass is 35.5. The molecule has 2 rings (SSSR count). The minimum Gasteiger partial charge on any atom is -0.506 e. The number of carbonyl (C=O) groups is 1. The molecule has 16 heavy (non-hydrogen) atoms. The van der Waals surface area contributed by atoms with Crippen molar-refractivity contribution in [3.05, 3.63) is 41.2 Å². The van der Waals surface area contributed by atoms with Crippen LogP contribution in [0.3, 0.4) is 0 Å². The molecule has 0 saturated heterocycles. The number of H-pyrrole nitrogens is 1. The summed E-state index contributed by atoms with van der Waals surface area (Å²) in [6.07, 6.45) is 1.48. The molecule has 6 heteroatoms. The Labute approximate surface area is 96.1 Å². The lowest BCUT2D eigenvalue weighted by Gasteiger charge is -2.04. The monoisotopic (exact) mass is 237 g/mol. The molecule has 1 aromatic heterocycles. The van der Waals surface area contributed by atoms with Gasteiger partial charge in [-0.1, -0.05) is 11.6 Å². The van der Waals surface area contributed by atoms with Crippen LogP contribution in [0.5, 0.6) is 5.75 Å². The van der Waals surface area contributed by atoms with Crippen molar-refractivity contribution < 1.29 is 9.90 Å². The highest BCUT2D eigenvalue weighted by Gasteiger charge is 2.08. The van der Waals surface area contributed by atoms with Crippen LogP contribution in [0.1, 0.15) is 10.5 Å². The third kappa shape index (κ3) is 2.14. The van der Waals surface area contributed by atoms with E-state index in [2.05, 4.69) is 15.5 Å². The number of nitrogens with one attached hydrogen (secondary N) is 2. The van der Waals surface area contributed by atoms with Gasteiger partial charge in [0.1, 0.15) is 11.4 Å². The molecule has 0 unspecified atom stereocenters. The Morgan fingerprint density at radius 2 is 2.25 bits per heavy atom. The Morgan fingerprint density at radius 1 is 1.44 bits per heavy atom. The van der Waals surface area contributed by atoms with Gasteiger partial charge in [-0.2, -0.15) is 5.10 Å². The smallest absolute Gasteiger partial charge is 0.273 e. The fourth-order valence-electron chi connectivity index (χ4n) is 1.17. The van der Waals surface area contributed by atoms with Crippen molar-refractivity contribution in [3.8, 4) is 5.75 Å². The molecule has 0 fully saturated rings. The van der Waals surface area contributed by atoms with Crippen LogP contribution in [0.15, 0.2) is 30.5 Å². The molecule has 0 aliphatic heterocycles. The Bertz CT molecular complexity index is 511. The zero-order valence-electron chi connectivity index (χ0n) is 8.07. The maximum atomic E-state index is 11.6. The molecule has 0 spiro atoms. The minimum atomic E-state index is -0.320. The van der Waals surface area contributed by atoms with Crippen molar-refractivity contribution in [2.75, 3.05) is 5.32 Å². The van der Waals surface area contributed by atoms with Gasteiger partial charge in [-0.15, -0.1) is 0 Å². The molecule has 1 amide bonds. The van der Waals surface area contributed by atoms with Gasteiger partial charge in [-0.3, -0.25) is 9.89 Å². The number of nitrogens with zero attached hydrogens (tertiary/aromatic N) is 1. The van der Waals surface area contributed by atoms with Crippen molar-refractivity contribution in [2.24, 2.45) is 0 Å². The van der Waals surface area contributed by atoms with Gasteiger partial charge in [0.2, 0.25) is 0 Å². The van der Waals surface area contributed by atoms with Crippen LogP contribution in [0, 0.1) is 0 Å². The molecule has 1 heterocycles. The fourth-order valence-corrected chi connectivity index (χ4v) is 1.35. The Morgan fingerprint density at radius 3 is 2.88 bits per heavy atom. The lowest BCUT2D eigenvalue weighted by atomic mass is 10.3. The first-order chi connectivity index (χ1) is 7.66. The number of hydrogen-bond donors (Lipinski definition) is 3. The molecule has 0 atom stereocenters. The van der Waals surface area contributed by atoms with E-state index in [9.17, 15) is 9.90 Å². The molecule has 0 saturated carbocycles. The lowest BCUT2D eigenvalue weighted by Crippen LogP contribution is -2.12. The van der Waals surface area contributed by atoms with E-state index in [0.717, 1.165) is 0 Å². The molecular formula is C10H8ClN3O2. The lowest BCUT2D eigenvalue weighted by molar-refractivity contribution is 0.102. The molecule has 5 nitrogen and oxygen atoms in total. The Balaban J connectivity index is 2.15. The highest BCUT2D eigenvalue weighted by molar-refractivity contribution is 6.32. The molecule has 82 valence electrons. The number of phenols is 1. The molecule has 3 N–H and O–H groups in total. The van der Waals surface area contributed by atoms with Gasteiger partial charge in [0.25, 0.3) is 5.91 Å². The number of hydrogen-bond acceptors (Lipinski definition) is 3. The molecule has 0 radical (unpaired) electrons. The largest absolute Gasteiger partial charge is 0.506 e. The predicted molar refractivity (Wildman–Crippen MR) is 59.7 cm³/mol. The van der Waals surface area contributed by atoms with E-state index in [-0.39, 0.29) is 16.7 Å². The summed E-state index contributed by atoms with van der Waals surface area (Å²) in [4.78, 5) is 11.6. The first kappa shape index (κ1) is 10.5. The zero-order chi connectivity index (χ0) is 11.5. The van der Waals surface area contributed by atoms with E-state index in [1.165, 1.54) is 18.3 Å². The van der Waals surface area contributed by atoms with Gasteiger partial charge in [0.05, 0.1) is 5.02 Å². The first-order valence-corrected chi connectivity index (χ1v) is 4.84. The van der Waals surface area contributed by atoms with Crippen LogP contribution in [-0.2, 0) is 0 Å². The maximum Gasteiger partial charge on any atom is 0.273 e. The topological polar surface area (TPSA) is 78.0 Å². The quantitative estimate of drug-likeness (QED) is 0.700. The van der Waals surface area contributed by atoms with Crippen molar-refractivity contribution >= 4 is 23.2 Å². The molecule has 2 aromatic rings. The number of anilines is 1. The van der Waals surface area contributed by atoms with Gasteiger partial charge < -0.3 is 10.4 Å². The first-order valence-electron chi connectivity index (χ1n) is 4.46. The maximum absolute atomic E-state index is 11.6. The fraction of sp³-hybridized carbons (Fsp3) is 0. The Hall–Kier alpha value is -2.01. The zero-order valence-corrected chi connectivity index (χ0v) is 8.82. The van der Waals surface area contributed by atoms with Gasteiger partial charge in [-0.05, 0) is 24.3 Å². The van der Waals surface area contributed by atoms with E-state index >= 15 is 0 Å². The van der Waals surface area contributed by atoms with E-state index in [1.807, 2.05) is 0 Å². The number of rotatable bonds is 2. The van der Waals surface area contributed by atoms with Gasteiger partial charge in [-0.25, -0.2) is 0 Å². The highest BCUT2D eigenvalue weighted by Crippen LogP contribution is 2.26. The molecule has 0 aliphatic rings. The van der Waals surface area contributed by atoms with Gasteiger partial charge in [0, 0.05) is 11.9 Å². The summed E-state index contributed by atoms with van der Waals surface area (Å²) >= 11 is 5.70. The second-order valence-corrected chi connectivity index (χ2v) is 3.50. The number of carbonyl (C=O) groups excluding carboxylic acids is 1. The van der Waals surface area contributed by atoms with Crippen molar-refractivity contribution in [1.82, 2.24) is 10.2 Å². The molecule has 0 bridgehead atoms. The van der Waals surface area contributed by atoms with Gasteiger partial charge in [0.15, 0.2) is 0 Å². The molecule has 1 aromatic carbocycles. The third-order valence-electron chi connectivity index (χ3n) is 1.95. The van der Waals surface area contributed by atoms with E-state index in [4.69, 9.17) is 11.6 Å². The number of halogens is 1. The van der Waals surface area contributed by atoms with Crippen LogP contribution in [0.25, 0.3) is 0 Å². The van der Waals surface area contributed by atoms with Crippen molar-refractivity contribution in [2.45, 2.75) is 0 Å². The van der Waals surface area contributed by atoms with E-state index in [0.29, 0.717) is 11.4 Å². The summed E-state index contributed by atoms with van der Waals surface area (Å²) in [6.45, 7) is 0. The minimum absolute atomic E-state index is 0.0267. The summed E-state index contributed by atoms with van der Waals surface area (Å²) in [5.74, 6) is -0.347. The van der Waals surface area contributed by atoms with Crippen LogP contribution in [0.4, 0.5) is 5.69 Å². The third-order valence-corrected chi connectivity index (χ3v) is 2.25. The summed E-state index contributed by atoms with van der Waals surface area (Å²) < 4.78 is 0. The SMILES string of the molecule is O=C(Nc1ccc(O)c(Cl)c1)c1ccn[nH]1. The van der Waals surface area contributed by atoms with Crippen LogP contribution >= 0.6 is 11.6 Å². The molecule has 0 aliphatic carbocycles. The van der Waals surface area contributed by atoms with Crippen LogP contribution < -0.4 is 5.32 Å². The van der Waals surface area contributed by atoms with Crippen molar-refractivity contribution in [3.63, 3.8) is 0 Å². The van der Waals surface area contributed by atoms with E-state index in [1.54, 1.807) is 12.1 Å². The van der Waals surface area contributed by atoms with Crippen LogP contribution in [0.2, 0.25) is 5.02 Å². The second-order valence-electron chi connectivity index (χ2n) is 3.09. The standard InChI is InChI=1S/C10H8ClN3O2/c11-7-5-6(1-2-9(7)15)13-10(16)8-3-4-12-14-8/h1-5,15H,(H,12,14)(H,13,16). The average Bonchev–Trinajstić information content (AvgIpc) is 2.77. The number of aromatic nitrogens is 2. The normalized spacial score (nSPS) is 10.1. The number of aromatic hydroxyl groups is 1.